The van der Waals surface area contributed by atoms with Gasteiger partial charge in [0.2, 0.25) is 0 Å². The first kappa shape index (κ1) is 22.6. The van der Waals surface area contributed by atoms with Crippen LogP contribution in [0.5, 0.6) is 5.75 Å². The lowest BCUT2D eigenvalue weighted by Crippen LogP contribution is -2.41. The van der Waals surface area contributed by atoms with Crippen LogP contribution in [-0.2, 0) is 4.74 Å². The fourth-order valence-corrected chi connectivity index (χ4v) is 3.50. The number of hydrogen-bond donors (Lipinski definition) is 1. The van der Waals surface area contributed by atoms with Crippen LogP contribution in [0.3, 0.4) is 0 Å². The maximum Gasteiger partial charge on any atom is 0.513 e. The molecule has 7 nitrogen and oxygen atoms in total. The SMILES string of the molecule is CCOC(=O)Oc1ccc(C(=O)NCC2CCN(C(=O)c3ccc(Cl)cc3)CC2)cc1. The van der Waals surface area contributed by atoms with Crippen LogP contribution >= 0.6 is 11.6 Å². The van der Waals surface area contributed by atoms with E-state index in [0.29, 0.717) is 47.5 Å². The van der Waals surface area contributed by atoms with Gasteiger partial charge in [0.25, 0.3) is 11.8 Å². The third kappa shape index (κ3) is 6.46. The Hall–Kier alpha value is -3.06. The zero-order valence-electron chi connectivity index (χ0n) is 17.3. The topological polar surface area (TPSA) is 84.9 Å². The van der Waals surface area contributed by atoms with Crippen LogP contribution in [0.1, 0.15) is 40.5 Å². The Morgan fingerprint density at radius 2 is 1.61 bits per heavy atom. The number of carbonyl (C=O) groups is 3. The highest BCUT2D eigenvalue weighted by Crippen LogP contribution is 2.20. The van der Waals surface area contributed by atoms with Gasteiger partial charge in [0, 0.05) is 35.8 Å². The minimum atomic E-state index is -0.777. The van der Waals surface area contributed by atoms with Gasteiger partial charge in [0.1, 0.15) is 5.75 Å². The maximum atomic E-state index is 12.6. The zero-order chi connectivity index (χ0) is 22.2. The Labute approximate surface area is 186 Å². The molecule has 31 heavy (non-hydrogen) atoms. The molecule has 1 aliphatic heterocycles. The molecule has 0 saturated carbocycles. The van der Waals surface area contributed by atoms with Gasteiger partial charge in [0.05, 0.1) is 6.61 Å². The van der Waals surface area contributed by atoms with Crippen LogP contribution in [-0.4, -0.2) is 49.1 Å². The van der Waals surface area contributed by atoms with E-state index in [1.807, 2.05) is 4.90 Å². The highest BCUT2D eigenvalue weighted by molar-refractivity contribution is 6.30. The number of hydrogen-bond acceptors (Lipinski definition) is 5. The zero-order valence-corrected chi connectivity index (χ0v) is 18.1. The number of benzene rings is 2. The van der Waals surface area contributed by atoms with E-state index in [4.69, 9.17) is 21.1 Å². The van der Waals surface area contributed by atoms with E-state index >= 15 is 0 Å². The normalized spacial score (nSPS) is 14.1. The second-order valence-corrected chi connectivity index (χ2v) is 7.70. The van der Waals surface area contributed by atoms with E-state index in [2.05, 4.69) is 5.32 Å². The largest absolute Gasteiger partial charge is 0.513 e. The van der Waals surface area contributed by atoms with Crippen LogP contribution in [0.4, 0.5) is 4.79 Å². The van der Waals surface area contributed by atoms with E-state index < -0.39 is 6.16 Å². The predicted octanol–water partition coefficient (Wildman–Crippen LogP) is 4.16. The predicted molar refractivity (Wildman–Crippen MR) is 117 cm³/mol. The number of likely N-dealkylation sites (tertiary alicyclic amines) is 1. The first-order valence-corrected chi connectivity index (χ1v) is 10.6. The van der Waals surface area contributed by atoms with E-state index in [1.54, 1.807) is 55.5 Å². The fourth-order valence-electron chi connectivity index (χ4n) is 3.37. The third-order valence-corrected chi connectivity index (χ3v) is 5.38. The van der Waals surface area contributed by atoms with Crippen LogP contribution in [0, 0.1) is 5.92 Å². The molecule has 164 valence electrons. The molecule has 0 bridgehead atoms. The average molecular weight is 445 g/mol. The highest BCUT2D eigenvalue weighted by atomic mass is 35.5. The van der Waals surface area contributed by atoms with Crippen LogP contribution in [0.25, 0.3) is 0 Å². The van der Waals surface area contributed by atoms with Gasteiger partial charge in [0.15, 0.2) is 0 Å². The van der Waals surface area contributed by atoms with Crippen LogP contribution in [0.2, 0.25) is 5.02 Å². The van der Waals surface area contributed by atoms with Crippen molar-refractivity contribution in [3.05, 3.63) is 64.7 Å². The number of carbonyl (C=O) groups excluding carboxylic acids is 3. The summed E-state index contributed by atoms with van der Waals surface area (Å²) in [6.07, 6.45) is 0.873. The Balaban J connectivity index is 1.43. The summed E-state index contributed by atoms with van der Waals surface area (Å²) in [5.74, 6) is 0.434. The molecule has 1 N–H and O–H groups in total. The van der Waals surface area contributed by atoms with E-state index in [1.165, 1.54) is 0 Å². The number of rotatable bonds is 6. The molecule has 1 saturated heterocycles. The van der Waals surface area contributed by atoms with Gasteiger partial charge in [-0.2, -0.15) is 0 Å². The second-order valence-electron chi connectivity index (χ2n) is 7.26. The lowest BCUT2D eigenvalue weighted by atomic mass is 9.96. The summed E-state index contributed by atoms with van der Waals surface area (Å²) in [4.78, 5) is 38.1. The molecular formula is C23H25ClN2O5. The molecule has 2 aromatic carbocycles. The number of nitrogens with zero attached hydrogens (tertiary/aromatic N) is 1. The highest BCUT2D eigenvalue weighted by Gasteiger charge is 2.24. The molecule has 2 amide bonds. The van der Waals surface area contributed by atoms with Crippen molar-refractivity contribution in [2.75, 3.05) is 26.2 Å². The Morgan fingerprint density at radius 1 is 1.00 bits per heavy atom. The molecule has 1 fully saturated rings. The van der Waals surface area contributed by atoms with E-state index in [0.717, 1.165) is 12.8 Å². The third-order valence-electron chi connectivity index (χ3n) is 5.12. The summed E-state index contributed by atoms with van der Waals surface area (Å²) in [6, 6.07) is 13.2. The molecule has 1 aliphatic rings. The Morgan fingerprint density at radius 3 is 2.23 bits per heavy atom. The van der Waals surface area contributed by atoms with E-state index in [9.17, 15) is 14.4 Å². The number of ether oxygens (including phenoxy) is 2. The molecule has 0 aromatic heterocycles. The summed E-state index contributed by atoms with van der Waals surface area (Å²) in [5.41, 5.74) is 1.11. The number of piperidine rings is 1. The van der Waals surface area contributed by atoms with Gasteiger partial charge in [-0.05, 0) is 74.2 Å². The summed E-state index contributed by atoms with van der Waals surface area (Å²) in [6.45, 7) is 3.77. The monoisotopic (exact) mass is 444 g/mol. The second kappa shape index (κ2) is 10.8. The minimum Gasteiger partial charge on any atom is -0.434 e. The van der Waals surface area contributed by atoms with Crippen molar-refractivity contribution in [2.45, 2.75) is 19.8 Å². The van der Waals surface area contributed by atoms with Crippen LogP contribution < -0.4 is 10.1 Å². The summed E-state index contributed by atoms with van der Waals surface area (Å²) in [5, 5.41) is 3.55. The van der Waals surface area contributed by atoms with Gasteiger partial charge in [-0.15, -0.1) is 0 Å². The van der Waals surface area contributed by atoms with Gasteiger partial charge in [-0.1, -0.05) is 11.6 Å². The smallest absolute Gasteiger partial charge is 0.434 e. The molecule has 0 spiro atoms. The minimum absolute atomic E-state index is 0.00396. The molecule has 2 aromatic rings. The molecule has 0 atom stereocenters. The lowest BCUT2D eigenvalue weighted by molar-refractivity contribution is 0.0684. The van der Waals surface area contributed by atoms with E-state index in [-0.39, 0.29) is 18.4 Å². The Bertz CT molecular complexity index is 907. The quantitative estimate of drug-likeness (QED) is 0.534. The molecule has 1 heterocycles. The lowest BCUT2D eigenvalue weighted by Gasteiger charge is -2.32. The number of nitrogens with one attached hydrogen (secondary N) is 1. The van der Waals surface area contributed by atoms with Crippen molar-refractivity contribution in [3.8, 4) is 5.75 Å². The molecule has 3 rings (SSSR count). The molecule has 8 heteroatoms. The van der Waals surface area contributed by atoms with Crippen molar-refractivity contribution in [2.24, 2.45) is 5.92 Å². The summed E-state index contributed by atoms with van der Waals surface area (Å²) < 4.78 is 9.69. The van der Waals surface area contributed by atoms with Gasteiger partial charge in [-0.25, -0.2) is 4.79 Å². The maximum absolute atomic E-state index is 12.6. The molecule has 0 radical (unpaired) electrons. The van der Waals surface area contributed by atoms with Crippen LogP contribution in [0.15, 0.2) is 48.5 Å². The first-order chi connectivity index (χ1) is 15.0. The average Bonchev–Trinajstić information content (AvgIpc) is 2.78. The van der Waals surface area contributed by atoms with Crippen molar-refractivity contribution in [1.82, 2.24) is 10.2 Å². The van der Waals surface area contributed by atoms with Crippen molar-refractivity contribution < 1.29 is 23.9 Å². The van der Waals surface area contributed by atoms with Crippen molar-refractivity contribution in [3.63, 3.8) is 0 Å². The molecular weight excluding hydrogens is 420 g/mol. The van der Waals surface area contributed by atoms with Crippen molar-refractivity contribution in [1.29, 1.82) is 0 Å². The van der Waals surface area contributed by atoms with Gasteiger partial charge >= 0.3 is 6.16 Å². The molecule has 0 aliphatic carbocycles. The van der Waals surface area contributed by atoms with Gasteiger partial charge in [-0.3, -0.25) is 9.59 Å². The van der Waals surface area contributed by atoms with Crippen molar-refractivity contribution >= 4 is 29.6 Å². The summed E-state index contributed by atoms with van der Waals surface area (Å²) >= 11 is 5.88. The standard InChI is InChI=1S/C23H25ClN2O5/c1-2-30-23(29)31-20-9-5-17(6-10-20)21(27)25-15-16-11-13-26(14-12-16)22(28)18-3-7-19(24)8-4-18/h3-10,16H,2,11-15H2,1H3,(H,25,27). The first-order valence-electron chi connectivity index (χ1n) is 10.2. The number of amides is 2. The fraction of sp³-hybridized carbons (Fsp3) is 0.348. The summed E-state index contributed by atoms with van der Waals surface area (Å²) in [7, 11) is 0. The number of halogens is 1. The van der Waals surface area contributed by atoms with Gasteiger partial charge < -0.3 is 19.7 Å². The molecule has 0 unspecified atom stereocenters. The Kier molecular flexibility index (Phi) is 7.89.